The summed E-state index contributed by atoms with van der Waals surface area (Å²) >= 11 is 0. The molecule has 0 fully saturated rings. The smallest absolute Gasteiger partial charge is 0.0886 e. The fourth-order valence-electron chi connectivity index (χ4n) is 1.03. The predicted molar refractivity (Wildman–Crippen MR) is 56.0 cm³/mol. The van der Waals surface area contributed by atoms with Gasteiger partial charge in [-0.05, 0) is 24.3 Å². The predicted octanol–water partition coefficient (Wildman–Crippen LogP) is 1.23. The molecule has 0 unspecified atom stereocenters. The zero-order valence-corrected chi connectivity index (χ0v) is 12.7. The van der Waals surface area contributed by atoms with Gasteiger partial charge in [-0.3, -0.25) is 9.97 Å². The maximum atomic E-state index is 4.19. The van der Waals surface area contributed by atoms with Crippen molar-refractivity contribution in [2.24, 2.45) is 0 Å². The molecule has 0 aliphatic heterocycles. The number of hydrogen-bond donors (Lipinski definition) is 0. The number of pyridine rings is 2. The van der Waals surface area contributed by atoms with Crippen molar-refractivity contribution in [3.05, 3.63) is 48.8 Å². The van der Waals surface area contributed by atoms with Crippen molar-refractivity contribution in [2.75, 3.05) is 0 Å². The number of aromatic nitrogens is 2. The number of hydrogen-bond acceptors (Lipinski definition) is 2. The van der Waals surface area contributed by atoms with E-state index in [0.29, 0.717) is 0 Å². The van der Waals surface area contributed by atoms with Gasteiger partial charge in [0.05, 0.1) is 11.4 Å². The summed E-state index contributed by atoms with van der Waals surface area (Å²) in [5.74, 6) is 0. The Morgan fingerprint density at radius 2 is 1.15 bits per heavy atom. The summed E-state index contributed by atoms with van der Waals surface area (Å²) in [5.41, 5.74) is 1.83. The van der Waals surface area contributed by atoms with E-state index in [2.05, 4.69) is 9.97 Å². The quantitative estimate of drug-likeness (QED) is 0.711. The molecule has 0 saturated carbocycles. The molecule has 0 bridgehead atoms. The van der Waals surface area contributed by atoms with E-state index in [0.717, 1.165) is 11.4 Å². The van der Waals surface area contributed by atoms with Crippen molar-refractivity contribution in [1.82, 2.24) is 9.97 Å². The third-order valence-corrected chi connectivity index (χ3v) is 1.59. The Kier molecular flexibility index (Phi) is 4.01. The summed E-state index contributed by atoms with van der Waals surface area (Å²) in [6, 6.07) is 11.6. The van der Waals surface area contributed by atoms with E-state index >= 15 is 0 Å². The first kappa shape index (κ1) is 10.3. The summed E-state index contributed by atoms with van der Waals surface area (Å²) in [5, 5.41) is 0. The van der Waals surface area contributed by atoms with Crippen LogP contribution in [0.15, 0.2) is 48.8 Å². The van der Waals surface area contributed by atoms with Crippen LogP contribution in [0.25, 0.3) is 11.4 Å². The number of nitrogens with zero attached hydrogens (tertiary/aromatic N) is 2. The normalized spacial score (nSPS) is 8.92. The van der Waals surface area contributed by atoms with Crippen LogP contribution in [0.2, 0.25) is 0 Å². The van der Waals surface area contributed by atoms with E-state index in [1.165, 1.54) is 0 Å². The molecule has 0 aliphatic rings. The summed E-state index contributed by atoms with van der Waals surface area (Å²) in [4.78, 5) is 8.37. The Labute approximate surface area is 97.2 Å². The van der Waals surface area contributed by atoms with E-state index < -0.39 is 0 Å². The van der Waals surface area contributed by atoms with Gasteiger partial charge in [0.25, 0.3) is 0 Å². The van der Waals surface area contributed by atoms with Gasteiger partial charge in [-0.15, -0.1) is 0 Å². The summed E-state index contributed by atoms with van der Waals surface area (Å²) in [6.45, 7) is 0. The fourth-order valence-corrected chi connectivity index (χ4v) is 1.03. The van der Waals surface area contributed by atoms with Crippen LogP contribution in [-0.2, 0) is 0 Å². The molecule has 2 aromatic heterocycles. The van der Waals surface area contributed by atoms with Crippen LogP contribution < -0.4 is 0 Å². The second-order valence-electron chi connectivity index (χ2n) is 2.43. The van der Waals surface area contributed by atoms with E-state index in [4.69, 9.17) is 0 Å². The van der Waals surface area contributed by atoms with Gasteiger partial charge in [-0.1, -0.05) is 12.1 Å². The average Bonchev–Trinajstić information content (AvgIpc) is 2.21. The van der Waals surface area contributed by atoms with Crippen LogP contribution in [0.4, 0.5) is 0 Å². The van der Waals surface area contributed by atoms with Crippen molar-refractivity contribution >= 4 is 27.3 Å². The first-order valence-electron chi connectivity index (χ1n) is 3.79. The fraction of sp³-hybridized carbons (Fsp3) is 0. The summed E-state index contributed by atoms with van der Waals surface area (Å²) in [6.07, 6.45) is 3.54. The Morgan fingerprint density at radius 3 is 1.46 bits per heavy atom. The van der Waals surface area contributed by atoms with Crippen molar-refractivity contribution < 1.29 is 0 Å². The third kappa shape index (κ3) is 2.58. The van der Waals surface area contributed by atoms with E-state index in [1.54, 1.807) is 12.4 Å². The van der Waals surface area contributed by atoms with Gasteiger partial charge in [0.15, 0.2) is 0 Å². The summed E-state index contributed by atoms with van der Waals surface area (Å²) < 4.78 is 0. The SMILES string of the molecule is [PbH2].c1ccc(-c2ccccn2)nc1. The van der Waals surface area contributed by atoms with Crippen LogP contribution in [0.1, 0.15) is 0 Å². The minimum absolute atomic E-state index is 0. The molecule has 2 aromatic rings. The second kappa shape index (κ2) is 5.06. The maximum absolute atomic E-state index is 4.19. The molecule has 0 N–H and O–H groups in total. The standard InChI is InChI=1S/C10H8N2.Pb.2H/c1-3-7-11-9(5-1)10-6-2-4-8-12-10;;;/h1-8H;;;. The Balaban J connectivity index is 0.000000845. The Morgan fingerprint density at radius 1 is 0.692 bits per heavy atom. The molecule has 0 spiro atoms. The van der Waals surface area contributed by atoms with Gasteiger partial charge in [0, 0.05) is 12.4 Å². The minimum Gasteiger partial charge on any atom is -0.255 e. The van der Waals surface area contributed by atoms with Crippen molar-refractivity contribution in [2.45, 2.75) is 0 Å². The molecule has 2 rings (SSSR count). The molecule has 2 nitrogen and oxygen atoms in total. The molecule has 0 aliphatic carbocycles. The molecule has 64 valence electrons. The monoisotopic (exact) mass is 366 g/mol. The summed E-state index contributed by atoms with van der Waals surface area (Å²) in [7, 11) is 0. The van der Waals surface area contributed by atoms with Gasteiger partial charge in [0.2, 0.25) is 0 Å². The van der Waals surface area contributed by atoms with Gasteiger partial charge >= 0.3 is 27.3 Å². The van der Waals surface area contributed by atoms with Gasteiger partial charge in [0.1, 0.15) is 0 Å². The van der Waals surface area contributed by atoms with Crippen molar-refractivity contribution in [1.29, 1.82) is 0 Å². The van der Waals surface area contributed by atoms with E-state index in [-0.39, 0.29) is 27.3 Å². The van der Waals surface area contributed by atoms with E-state index in [9.17, 15) is 0 Å². The maximum Gasteiger partial charge on any atom is 0.0886 e. The van der Waals surface area contributed by atoms with Crippen molar-refractivity contribution in [3.8, 4) is 11.4 Å². The molecular formula is C10H10N2Pb. The van der Waals surface area contributed by atoms with E-state index in [1.807, 2.05) is 36.4 Å². The molecule has 2 heterocycles. The average molecular weight is 365 g/mol. The molecule has 13 heavy (non-hydrogen) atoms. The molecule has 0 aromatic carbocycles. The van der Waals surface area contributed by atoms with Crippen LogP contribution in [0, 0.1) is 0 Å². The topological polar surface area (TPSA) is 25.8 Å². The first-order chi connectivity index (χ1) is 5.97. The largest absolute Gasteiger partial charge is 0.255 e. The zero-order valence-electron chi connectivity index (χ0n) is 7.22. The number of rotatable bonds is 1. The molecule has 0 atom stereocenters. The zero-order chi connectivity index (χ0) is 8.23. The van der Waals surface area contributed by atoms with Gasteiger partial charge < -0.3 is 0 Å². The van der Waals surface area contributed by atoms with Gasteiger partial charge in [-0.2, -0.15) is 0 Å². The molecule has 2 radical (unpaired) electrons. The molecule has 3 heteroatoms. The minimum atomic E-state index is 0. The molecular weight excluding hydrogens is 355 g/mol. The second-order valence-corrected chi connectivity index (χ2v) is 2.43. The first-order valence-corrected chi connectivity index (χ1v) is 3.79. The molecule has 0 amide bonds. The Bertz CT molecular complexity index is 310. The van der Waals surface area contributed by atoms with Crippen LogP contribution in [0.5, 0.6) is 0 Å². The third-order valence-electron chi connectivity index (χ3n) is 1.59. The van der Waals surface area contributed by atoms with Crippen LogP contribution >= 0.6 is 0 Å². The van der Waals surface area contributed by atoms with Crippen LogP contribution in [0.3, 0.4) is 0 Å². The van der Waals surface area contributed by atoms with Crippen LogP contribution in [-0.4, -0.2) is 37.3 Å². The Hall–Kier alpha value is -0.778. The van der Waals surface area contributed by atoms with Gasteiger partial charge in [-0.25, -0.2) is 0 Å². The molecule has 0 saturated heterocycles. The van der Waals surface area contributed by atoms with Crippen molar-refractivity contribution in [3.63, 3.8) is 0 Å².